The number of carbonyl (C=O) groups is 1. The molecule has 6 nitrogen and oxygen atoms in total. The number of hydrogen-bond donors (Lipinski definition) is 1. The highest BCUT2D eigenvalue weighted by atomic mass is 16.1. The van der Waals surface area contributed by atoms with E-state index >= 15 is 0 Å². The summed E-state index contributed by atoms with van der Waals surface area (Å²) in [5.41, 5.74) is 4.63. The van der Waals surface area contributed by atoms with Gasteiger partial charge in [0.2, 0.25) is 0 Å². The summed E-state index contributed by atoms with van der Waals surface area (Å²) in [6.45, 7) is 7.56. The predicted molar refractivity (Wildman–Crippen MR) is 117 cm³/mol. The molecule has 1 aliphatic rings. The minimum Gasteiger partial charge on any atom is -0.368 e. The molecule has 29 heavy (non-hydrogen) atoms. The number of aryl methyl sites for hydroxylation is 1. The number of benzene rings is 2. The van der Waals surface area contributed by atoms with Gasteiger partial charge in [-0.1, -0.05) is 30.3 Å². The van der Waals surface area contributed by atoms with Gasteiger partial charge in [0.25, 0.3) is 5.91 Å². The number of aromatic nitrogens is 2. The highest BCUT2D eigenvalue weighted by Gasteiger charge is 2.20. The van der Waals surface area contributed by atoms with Crippen LogP contribution in [0.3, 0.4) is 0 Å². The van der Waals surface area contributed by atoms with Crippen LogP contribution in [-0.4, -0.2) is 42.1 Å². The lowest BCUT2D eigenvalue weighted by atomic mass is 10.1. The quantitative estimate of drug-likeness (QED) is 0.740. The van der Waals surface area contributed by atoms with Crippen LogP contribution >= 0.6 is 0 Å². The van der Waals surface area contributed by atoms with Crippen LogP contribution in [-0.2, 0) is 0 Å². The van der Waals surface area contributed by atoms with Crippen LogP contribution in [0.15, 0.2) is 60.9 Å². The highest BCUT2D eigenvalue weighted by molar-refractivity contribution is 6.03. The minimum atomic E-state index is -0.217. The molecular formula is C23H25N5O. The average molecular weight is 387 g/mol. The lowest BCUT2D eigenvalue weighted by Gasteiger charge is -2.36. The van der Waals surface area contributed by atoms with Crippen molar-refractivity contribution in [2.24, 2.45) is 0 Å². The molecule has 1 aromatic heterocycles. The largest absolute Gasteiger partial charge is 0.368 e. The molecule has 1 saturated heterocycles. The molecule has 6 heteroatoms. The Bertz CT molecular complexity index is 997. The molecule has 0 radical (unpaired) electrons. The van der Waals surface area contributed by atoms with Crippen molar-refractivity contribution in [3.8, 4) is 0 Å². The number of carbonyl (C=O) groups excluding carboxylic acids is 1. The van der Waals surface area contributed by atoms with Gasteiger partial charge in [0.1, 0.15) is 17.8 Å². The van der Waals surface area contributed by atoms with Crippen molar-refractivity contribution in [2.45, 2.75) is 13.8 Å². The Labute approximate surface area is 171 Å². The summed E-state index contributed by atoms with van der Waals surface area (Å²) in [4.78, 5) is 25.9. The Morgan fingerprint density at radius 3 is 2.38 bits per heavy atom. The second kappa shape index (κ2) is 8.31. The van der Waals surface area contributed by atoms with Crippen molar-refractivity contribution in [3.05, 3.63) is 77.7 Å². The number of amides is 1. The Hall–Kier alpha value is -3.41. The molecule has 1 N–H and O–H groups in total. The van der Waals surface area contributed by atoms with Crippen molar-refractivity contribution in [3.63, 3.8) is 0 Å². The monoisotopic (exact) mass is 387 g/mol. The van der Waals surface area contributed by atoms with Crippen molar-refractivity contribution in [1.29, 1.82) is 0 Å². The zero-order chi connectivity index (χ0) is 20.2. The molecule has 0 saturated carbocycles. The molecule has 2 heterocycles. The first kappa shape index (κ1) is 18.9. The number of rotatable bonds is 4. The second-order valence-electron chi connectivity index (χ2n) is 7.27. The Kier molecular flexibility index (Phi) is 5.42. The lowest BCUT2D eigenvalue weighted by Crippen LogP contribution is -2.46. The van der Waals surface area contributed by atoms with E-state index in [1.54, 1.807) is 6.07 Å². The van der Waals surface area contributed by atoms with E-state index in [1.165, 1.54) is 12.0 Å². The number of nitrogens with one attached hydrogen (secondary N) is 1. The third kappa shape index (κ3) is 4.21. The predicted octanol–water partition coefficient (Wildman–Crippen LogP) is 3.67. The van der Waals surface area contributed by atoms with Gasteiger partial charge in [-0.25, -0.2) is 9.97 Å². The summed E-state index contributed by atoms with van der Waals surface area (Å²) < 4.78 is 0. The van der Waals surface area contributed by atoms with Crippen LogP contribution in [0.1, 0.15) is 21.6 Å². The standard InChI is InChI=1S/C23H25N5O/c1-17-7-6-10-20(18(17)2)26-23(29)21-15-22(25-16-24-21)28-13-11-27(12-14-28)19-8-4-3-5-9-19/h3-10,15-16H,11-14H2,1-2H3,(H,26,29). The maximum Gasteiger partial charge on any atom is 0.274 e. The van der Waals surface area contributed by atoms with E-state index in [0.29, 0.717) is 5.69 Å². The van der Waals surface area contributed by atoms with Crippen molar-refractivity contribution >= 4 is 23.1 Å². The molecule has 0 bridgehead atoms. The molecule has 1 amide bonds. The van der Waals surface area contributed by atoms with Gasteiger partial charge >= 0.3 is 0 Å². The molecule has 1 fully saturated rings. The van der Waals surface area contributed by atoms with Crippen molar-refractivity contribution in [1.82, 2.24) is 9.97 Å². The molecule has 0 spiro atoms. The van der Waals surface area contributed by atoms with Gasteiger partial charge < -0.3 is 15.1 Å². The summed E-state index contributed by atoms with van der Waals surface area (Å²) in [5, 5.41) is 2.97. The van der Waals surface area contributed by atoms with Gasteiger partial charge in [-0.05, 0) is 43.2 Å². The smallest absolute Gasteiger partial charge is 0.274 e. The Morgan fingerprint density at radius 1 is 0.897 bits per heavy atom. The summed E-state index contributed by atoms with van der Waals surface area (Å²) in [7, 11) is 0. The summed E-state index contributed by atoms with van der Waals surface area (Å²) in [6, 6.07) is 18.1. The van der Waals surface area contributed by atoms with Crippen LogP contribution in [0.2, 0.25) is 0 Å². The van der Waals surface area contributed by atoms with Gasteiger partial charge in [0.05, 0.1) is 0 Å². The molecule has 2 aromatic carbocycles. The van der Waals surface area contributed by atoms with E-state index in [9.17, 15) is 4.79 Å². The number of hydrogen-bond acceptors (Lipinski definition) is 5. The van der Waals surface area contributed by atoms with Crippen LogP contribution < -0.4 is 15.1 Å². The fraction of sp³-hybridized carbons (Fsp3) is 0.261. The van der Waals surface area contributed by atoms with Gasteiger partial charge in [-0.3, -0.25) is 4.79 Å². The molecule has 3 aromatic rings. The SMILES string of the molecule is Cc1cccc(NC(=O)c2cc(N3CCN(c4ccccc4)CC3)ncn2)c1C. The van der Waals surface area contributed by atoms with Gasteiger partial charge in [-0.2, -0.15) is 0 Å². The maximum absolute atomic E-state index is 12.7. The summed E-state index contributed by atoms with van der Waals surface area (Å²) in [5.74, 6) is 0.573. The maximum atomic E-state index is 12.7. The molecule has 4 rings (SSSR count). The fourth-order valence-corrected chi connectivity index (χ4v) is 3.55. The van der Waals surface area contributed by atoms with Crippen LogP contribution in [0.25, 0.3) is 0 Å². The first-order valence-electron chi connectivity index (χ1n) is 9.86. The van der Waals surface area contributed by atoms with E-state index in [4.69, 9.17) is 0 Å². The molecular weight excluding hydrogens is 362 g/mol. The molecule has 0 unspecified atom stereocenters. The third-order valence-corrected chi connectivity index (χ3v) is 5.46. The zero-order valence-electron chi connectivity index (χ0n) is 16.8. The van der Waals surface area contributed by atoms with Crippen molar-refractivity contribution in [2.75, 3.05) is 41.3 Å². The first-order chi connectivity index (χ1) is 14.1. The molecule has 1 aliphatic heterocycles. The first-order valence-corrected chi connectivity index (χ1v) is 9.86. The fourth-order valence-electron chi connectivity index (χ4n) is 3.55. The van der Waals surface area contributed by atoms with E-state index in [-0.39, 0.29) is 5.91 Å². The lowest BCUT2D eigenvalue weighted by molar-refractivity contribution is 0.102. The highest BCUT2D eigenvalue weighted by Crippen LogP contribution is 2.21. The number of piperazine rings is 1. The Morgan fingerprint density at radius 2 is 1.62 bits per heavy atom. The van der Waals surface area contributed by atoms with E-state index in [2.05, 4.69) is 49.4 Å². The third-order valence-electron chi connectivity index (χ3n) is 5.46. The number of anilines is 3. The molecule has 0 atom stereocenters. The Balaban J connectivity index is 1.44. The number of nitrogens with zero attached hydrogens (tertiary/aromatic N) is 4. The second-order valence-corrected chi connectivity index (χ2v) is 7.27. The minimum absolute atomic E-state index is 0.217. The van der Waals surface area contributed by atoms with Crippen LogP contribution in [0.5, 0.6) is 0 Å². The topological polar surface area (TPSA) is 61.4 Å². The van der Waals surface area contributed by atoms with Crippen molar-refractivity contribution < 1.29 is 4.79 Å². The van der Waals surface area contributed by atoms with E-state index in [1.807, 2.05) is 38.1 Å². The van der Waals surface area contributed by atoms with E-state index < -0.39 is 0 Å². The normalized spacial score (nSPS) is 14.0. The van der Waals surface area contributed by atoms with E-state index in [0.717, 1.165) is 48.8 Å². The van der Waals surface area contributed by atoms with Crippen LogP contribution in [0, 0.1) is 13.8 Å². The van der Waals surface area contributed by atoms with Crippen LogP contribution in [0.4, 0.5) is 17.2 Å². The van der Waals surface area contributed by atoms with Gasteiger partial charge in [0.15, 0.2) is 0 Å². The summed E-state index contributed by atoms with van der Waals surface area (Å²) in [6.07, 6.45) is 1.47. The molecule has 148 valence electrons. The zero-order valence-corrected chi connectivity index (χ0v) is 16.8. The van der Waals surface area contributed by atoms with Gasteiger partial charge in [0, 0.05) is 43.6 Å². The molecule has 0 aliphatic carbocycles. The average Bonchev–Trinajstić information content (AvgIpc) is 2.78. The summed E-state index contributed by atoms with van der Waals surface area (Å²) >= 11 is 0. The number of para-hydroxylation sites is 1. The van der Waals surface area contributed by atoms with Gasteiger partial charge in [-0.15, -0.1) is 0 Å².